The van der Waals surface area contributed by atoms with Crippen molar-refractivity contribution < 1.29 is 17.5 Å². The molecular weight excluding hydrogens is 427 g/mol. The third-order valence-electron chi connectivity index (χ3n) is 4.38. The van der Waals surface area contributed by atoms with E-state index in [0.717, 1.165) is 17.1 Å². The summed E-state index contributed by atoms with van der Waals surface area (Å²) in [7, 11) is -2.21. The summed E-state index contributed by atoms with van der Waals surface area (Å²) in [6, 6.07) is 11.9. The molecule has 1 heterocycles. The number of methoxy groups -OCH3 is 1. The number of halogens is 1. The molecule has 0 aliphatic carbocycles. The molecule has 0 saturated heterocycles. The molecule has 0 radical (unpaired) electrons. The minimum Gasteiger partial charge on any atom is -0.497 e. The van der Waals surface area contributed by atoms with Crippen molar-refractivity contribution in [1.29, 1.82) is 0 Å². The molecule has 2 unspecified atom stereocenters. The zero-order valence-electron chi connectivity index (χ0n) is 16.6. The first-order valence-electron chi connectivity index (χ1n) is 9.25. The summed E-state index contributed by atoms with van der Waals surface area (Å²) < 4.78 is 48.8. The molecule has 2 atom stereocenters. The van der Waals surface area contributed by atoms with Gasteiger partial charge in [-0.2, -0.15) is 4.37 Å². The predicted molar refractivity (Wildman–Crippen MR) is 115 cm³/mol. The van der Waals surface area contributed by atoms with Crippen LogP contribution in [-0.4, -0.2) is 36.3 Å². The molecule has 7 nitrogen and oxygen atoms in total. The quantitative estimate of drug-likeness (QED) is 0.515. The number of ether oxygens (including phenoxy) is 1. The van der Waals surface area contributed by atoms with Crippen molar-refractivity contribution in [2.75, 3.05) is 12.4 Å². The highest BCUT2D eigenvalue weighted by Crippen LogP contribution is 2.25. The SMILES string of the molecule is COc1ccc(S(=O)(=O)C(CC(C)N)Nc2nc(Cc3ccc(F)cc3)ns2)cc1. The highest BCUT2D eigenvalue weighted by Gasteiger charge is 2.29. The van der Waals surface area contributed by atoms with Crippen LogP contribution in [0.4, 0.5) is 9.52 Å². The number of rotatable bonds is 9. The first kappa shape index (κ1) is 22.1. The average Bonchev–Trinajstić information content (AvgIpc) is 3.16. The number of nitrogens with one attached hydrogen (secondary N) is 1. The molecule has 3 rings (SSSR count). The maximum atomic E-state index is 13.2. The van der Waals surface area contributed by atoms with Gasteiger partial charge >= 0.3 is 0 Å². The molecule has 3 aromatic rings. The van der Waals surface area contributed by atoms with Crippen LogP contribution >= 0.6 is 11.5 Å². The minimum absolute atomic E-state index is 0.164. The van der Waals surface area contributed by atoms with Gasteiger partial charge in [-0.05, 0) is 55.3 Å². The zero-order valence-corrected chi connectivity index (χ0v) is 18.2. The lowest BCUT2D eigenvalue weighted by atomic mass is 10.1. The molecule has 0 saturated carbocycles. The standard InChI is InChI=1S/C20H23FN4O3S2/c1-13(22)11-19(30(26,27)17-9-7-16(28-2)8-10-17)24-20-23-18(25-29-20)12-14-3-5-15(21)6-4-14/h3-10,13,19H,11-12,22H2,1-2H3,(H,23,24,25). The van der Waals surface area contributed by atoms with E-state index in [9.17, 15) is 12.8 Å². The van der Waals surface area contributed by atoms with Crippen LogP contribution in [0.2, 0.25) is 0 Å². The highest BCUT2D eigenvalue weighted by atomic mass is 32.2. The smallest absolute Gasteiger partial charge is 0.203 e. The number of benzene rings is 2. The molecule has 0 fully saturated rings. The second-order valence-electron chi connectivity index (χ2n) is 6.89. The number of anilines is 1. The number of hydrogen-bond donors (Lipinski definition) is 2. The van der Waals surface area contributed by atoms with E-state index in [4.69, 9.17) is 10.5 Å². The Labute approximate surface area is 179 Å². The van der Waals surface area contributed by atoms with Gasteiger partial charge in [-0.15, -0.1) is 0 Å². The molecule has 0 bridgehead atoms. The zero-order chi connectivity index (χ0) is 21.7. The van der Waals surface area contributed by atoms with Crippen LogP contribution < -0.4 is 15.8 Å². The lowest BCUT2D eigenvalue weighted by Crippen LogP contribution is -2.35. The van der Waals surface area contributed by atoms with Crippen molar-refractivity contribution in [2.24, 2.45) is 5.73 Å². The van der Waals surface area contributed by atoms with Crippen LogP contribution in [0.3, 0.4) is 0 Å². The van der Waals surface area contributed by atoms with Gasteiger partial charge < -0.3 is 15.8 Å². The largest absolute Gasteiger partial charge is 0.497 e. The average molecular weight is 451 g/mol. The summed E-state index contributed by atoms with van der Waals surface area (Å²) in [5.74, 6) is 0.783. The molecule has 0 amide bonds. The van der Waals surface area contributed by atoms with Gasteiger partial charge in [-0.3, -0.25) is 0 Å². The van der Waals surface area contributed by atoms with Gasteiger partial charge in [0, 0.05) is 24.0 Å². The first-order valence-corrected chi connectivity index (χ1v) is 11.6. The Balaban J connectivity index is 1.79. The van der Waals surface area contributed by atoms with E-state index in [0.29, 0.717) is 23.1 Å². The Morgan fingerprint density at radius 3 is 2.43 bits per heavy atom. The van der Waals surface area contributed by atoms with Crippen molar-refractivity contribution in [3.05, 3.63) is 65.7 Å². The van der Waals surface area contributed by atoms with Gasteiger partial charge in [0.05, 0.1) is 12.0 Å². The fourth-order valence-corrected chi connectivity index (χ4v) is 5.22. The maximum Gasteiger partial charge on any atom is 0.203 e. The number of sulfone groups is 1. The molecule has 3 N–H and O–H groups in total. The maximum absolute atomic E-state index is 13.2. The molecule has 0 aliphatic rings. The van der Waals surface area contributed by atoms with Crippen LogP contribution in [0.25, 0.3) is 0 Å². The van der Waals surface area contributed by atoms with E-state index in [1.807, 2.05) is 0 Å². The summed E-state index contributed by atoms with van der Waals surface area (Å²) in [4.78, 5) is 4.55. The van der Waals surface area contributed by atoms with Crippen molar-refractivity contribution in [3.8, 4) is 5.75 Å². The molecule has 0 aliphatic heterocycles. The van der Waals surface area contributed by atoms with Gasteiger partial charge in [0.1, 0.15) is 22.8 Å². The molecule has 30 heavy (non-hydrogen) atoms. The van der Waals surface area contributed by atoms with Crippen molar-refractivity contribution in [2.45, 2.75) is 36.1 Å². The normalized spacial score (nSPS) is 13.6. The topological polar surface area (TPSA) is 107 Å². The summed E-state index contributed by atoms with van der Waals surface area (Å²) in [6.07, 6.45) is 0.614. The Bertz CT molecular complexity index is 1070. The Hall–Kier alpha value is -2.56. The van der Waals surface area contributed by atoms with Crippen LogP contribution in [0.5, 0.6) is 5.75 Å². The second-order valence-corrected chi connectivity index (χ2v) is 9.77. The molecular formula is C20H23FN4O3S2. The second kappa shape index (κ2) is 9.50. The summed E-state index contributed by atoms with van der Waals surface area (Å²) >= 11 is 1.07. The van der Waals surface area contributed by atoms with E-state index < -0.39 is 15.2 Å². The molecule has 2 aromatic carbocycles. The summed E-state index contributed by atoms with van der Waals surface area (Å²) in [6.45, 7) is 1.75. The minimum atomic E-state index is -3.72. The van der Waals surface area contributed by atoms with Gasteiger partial charge in [0.2, 0.25) is 5.13 Å². The van der Waals surface area contributed by atoms with Crippen LogP contribution in [-0.2, 0) is 16.3 Å². The number of nitrogens with two attached hydrogens (primary N) is 1. The Morgan fingerprint density at radius 2 is 1.83 bits per heavy atom. The lowest BCUT2D eigenvalue weighted by molar-refractivity contribution is 0.414. The van der Waals surface area contributed by atoms with E-state index >= 15 is 0 Å². The van der Waals surface area contributed by atoms with Gasteiger partial charge in [0.15, 0.2) is 9.84 Å². The van der Waals surface area contributed by atoms with Crippen molar-refractivity contribution in [3.63, 3.8) is 0 Å². The Morgan fingerprint density at radius 1 is 1.17 bits per heavy atom. The third kappa shape index (κ3) is 5.53. The monoisotopic (exact) mass is 450 g/mol. The molecule has 0 spiro atoms. The van der Waals surface area contributed by atoms with Gasteiger partial charge in [0.25, 0.3) is 0 Å². The Kier molecular flexibility index (Phi) is 7.01. The lowest BCUT2D eigenvalue weighted by Gasteiger charge is -2.20. The fourth-order valence-electron chi connectivity index (χ4n) is 2.84. The summed E-state index contributed by atoms with van der Waals surface area (Å²) in [5, 5.41) is 2.40. The van der Waals surface area contributed by atoms with Crippen LogP contribution in [0.1, 0.15) is 24.7 Å². The fraction of sp³-hybridized carbons (Fsp3) is 0.300. The molecule has 10 heteroatoms. The van der Waals surface area contributed by atoms with Gasteiger partial charge in [-0.25, -0.2) is 17.8 Å². The summed E-state index contributed by atoms with van der Waals surface area (Å²) in [5.41, 5.74) is 6.76. The van der Waals surface area contributed by atoms with Gasteiger partial charge in [-0.1, -0.05) is 12.1 Å². The van der Waals surface area contributed by atoms with Crippen molar-refractivity contribution in [1.82, 2.24) is 9.36 Å². The highest BCUT2D eigenvalue weighted by molar-refractivity contribution is 7.92. The van der Waals surface area contributed by atoms with E-state index in [1.165, 1.54) is 31.4 Å². The van der Waals surface area contributed by atoms with E-state index in [2.05, 4.69) is 14.7 Å². The van der Waals surface area contributed by atoms with Crippen LogP contribution in [0.15, 0.2) is 53.4 Å². The van der Waals surface area contributed by atoms with E-state index in [-0.39, 0.29) is 23.2 Å². The number of nitrogens with zero attached hydrogens (tertiary/aromatic N) is 2. The van der Waals surface area contributed by atoms with Crippen LogP contribution in [0, 0.1) is 5.82 Å². The molecule has 160 valence electrons. The number of hydrogen-bond acceptors (Lipinski definition) is 8. The van der Waals surface area contributed by atoms with E-state index in [1.54, 1.807) is 31.2 Å². The molecule has 1 aromatic heterocycles. The first-order chi connectivity index (χ1) is 14.3. The predicted octanol–water partition coefficient (Wildman–Crippen LogP) is 3.23. The third-order valence-corrected chi connectivity index (χ3v) is 7.05. The van der Waals surface area contributed by atoms with Crippen molar-refractivity contribution >= 4 is 26.5 Å². The number of aromatic nitrogens is 2.